The summed E-state index contributed by atoms with van der Waals surface area (Å²) >= 11 is 0. The molecule has 0 aliphatic carbocycles. The monoisotopic (exact) mass is 309 g/mol. The summed E-state index contributed by atoms with van der Waals surface area (Å²) in [6.07, 6.45) is -4.38. The molecule has 0 bridgehead atoms. The number of anilines is 1. The van der Waals surface area contributed by atoms with Crippen LogP contribution < -0.4 is 10.1 Å². The lowest BCUT2D eigenvalue weighted by Gasteiger charge is -2.12. The van der Waals surface area contributed by atoms with E-state index in [4.69, 9.17) is 0 Å². The molecule has 0 radical (unpaired) electrons. The Kier molecular flexibility index (Phi) is 4.70. The van der Waals surface area contributed by atoms with E-state index in [0.717, 1.165) is 0 Å². The molecule has 6 heteroatoms. The number of carbonyl (C=O) groups is 1. The molecule has 0 aliphatic rings. The molecule has 2 aromatic carbocycles. The standard InChI is InChI=1S/C16H14F3NO2/c1-11-9-13(22-10-16(17,18)19)7-8-14(11)20-15(21)12-5-3-2-4-6-12/h2-9H,10H2,1H3,(H,20,21). The van der Waals surface area contributed by atoms with E-state index < -0.39 is 12.8 Å². The van der Waals surface area contributed by atoms with E-state index in [-0.39, 0.29) is 11.7 Å². The molecule has 0 heterocycles. The van der Waals surface area contributed by atoms with Gasteiger partial charge in [-0.25, -0.2) is 0 Å². The molecule has 0 unspecified atom stereocenters. The fraction of sp³-hybridized carbons (Fsp3) is 0.188. The Hall–Kier alpha value is -2.50. The van der Waals surface area contributed by atoms with Crippen LogP contribution in [0.5, 0.6) is 5.75 Å². The Morgan fingerprint density at radius 1 is 1.14 bits per heavy atom. The Balaban J connectivity index is 2.05. The van der Waals surface area contributed by atoms with E-state index >= 15 is 0 Å². The first-order valence-corrected chi connectivity index (χ1v) is 6.52. The molecule has 0 saturated heterocycles. The topological polar surface area (TPSA) is 38.3 Å². The average Bonchev–Trinajstić information content (AvgIpc) is 2.47. The fourth-order valence-corrected chi connectivity index (χ4v) is 1.82. The van der Waals surface area contributed by atoms with Gasteiger partial charge in [0.05, 0.1) is 0 Å². The van der Waals surface area contributed by atoms with Gasteiger partial charge < -0.3 is 10.1 Å². The SMILES string of the molecule is Cc1cc(OCC(F)(F)F)ccc1NC(=O)c1ccccc1. The quantitative estimate of drug-likeness (QED) is 0.919. The van der Waals surface area contributed by atoms with Gasteiger partial charge >= 0.3 is 6.18 Å². The second-order valence-corrected chi connectivity index (χ2v) is 4.70. The first-order valence-electron chi connectivity index (χ1n) is 6.52. The minimum Gasteiger partial charge on any atom is -0.484 e. The lowest BCUT2D eigenvalue weighted by atomic mass is 10.1. The zero-order chi connectivity index (χ0) is 16.2. The summed E-state index contributed by atoms with van der Waals surface area (Å²) in [4.78, 5) is 12.0. The van der Waals surface area contributed by atoms with Crippen molar-refractivity contribution in [2.75, 3.05) is 11.9 Å². The van der Waals surface area contributed by atoms with E-state index in [1.54, 1.807) is 37.3 Å². The molecule has 3 nitrogen and oxygen atoms in total. The zero-order valence-corrected chi connectivity index (χ0v) is 11.8. The van der Waals surface area contributed by atoms with E-state index in [1.807, 2.05) is 0 Å². The number of rotatable bonds is 4. The van der Waals surface area contributed by atoms with Crippen LogP contribution in [0.2, 0.25) is 0 Å². The predicted octanol–water partition coefficient (Wildman–Crippen LogP) is 4.19. The highest BCUT2D eigenvalue weighted by Crippen LogP contribution is 2.24. The highest BCUT2D eigenvalue weighted by molar-refractivity contribution is 6.04. The molecule has 0 saturated carbocycles. The number of hydrogen-bond donors (Lipinski definition) is 1. The number of amides is 1. The number of nitrogens with one attached hydrogen (secondary N) is 1. The number of carbonyl (C=O) groups excluding carboxylic acids is 1. The van der Waals surface area contributed by atoms with E-state index in [0.29, 0.717) is 16.8 Å². The largest absolute Gasteiger partial charge is 0.484 e. The van der Waals surface area contributed by atoms with Crippen LogP contribution >= 0.6 is 0 Å². The maximum absolute atomic E-state index is 12.1. The van der Waals surface area contributed by atoms with Gasteiger partial charge in [0, 0.05) is 11.3 Å². The number of alkyl halides is 3. The molecular formula is C16H14F3NO2. The van der Waals surface area contributed by atoms with E-state index in [1.165, 1.54) is 18.2 Å². The van der Waals surface area contributed by atoms with Crippen LogP contribution in [0.3, 0.4) is 0 Å². The summed E-state index contributed by atoms with van der Waals surface area (Å²) in [7, 11) is 0. The van der Waals surface area contributed by atoms with Gasteiger partial charge in [-0.1, -0.05) is 18.2 Å². The van der Waals surface area contributed by atoms with Crippen molar-refractivity contribution in [2.45, 2.75) is 13.1 Å². The Morgan fingerprint density at radius 2 is 1.82 bits per heavy atom. The van der Waals surface area contributed by atoms with Crippen molar-refractivity contribution in [3.8, 4) is 5.75 Å². The molecule has 22 heavy (non-hydrogen) atoms. The van der Waals surface area contributed by atoms with Crippen LogP contribution in [-0.2, 0) is 0 Å². The molecule has 1 amide bonds. The highest BCUT2D eigenvalue weighted by atomic mass is 19.4. The maximum atomic E-state index is 12.1. The van der Waals surface area contributed by atoms with Gasteiger partial charge in [-0.2, -0.15) is 13.2 Å². The number of benzene rings is 2. The molecular weight excluding hydrogens is 295 g/mol. The Bertz CT molecular complexity index is 654. The molecule has 0 spiro atoms. The van der Waals surface area contributed by atoms with Crippen molar-refractivity contribution in [1.29, 1.82) is 0 Å². The van der Waals surface area contributed by atoms with E-state index in [2.05, 4.69) is 10.1 Å². The average molecular weight is 309 g/mol. The zero-order valence-electron chi connectivity index (χ0n) is 11.8. The van der Waals surface area contributed by atoms with Crippen LogP contribution in [0.4, 0.5) is 18.9 Å². The number of ether oxygens (including phenoxy) is 1. The fourth-order valence-electron chi connectivity index (χ4n) is 1.82. The number of hydrogen-bond acceptors (Lipinski definition) is 2. The summed E-state index contributed by atoms with van der Waals surface area (Å²) in [5.74, 6) is -0.180. The van der Waals surface area contributed by atoms with Crippen molar-refractivity contribution >= 4 is 11.6 Å². The maximum Gasteiger partial charge on any atom is 0.422 e. The predicted molar refractivity (Wildman–Crippen MR) is 77.1 cm³/mol. The third-order valence-corrected chi connectivity index (χ3v) is 2.88. The van der Waals surface area contributed by atoms with Gasteiger partial charge in [-0.3, -0.25) is 4.79 Å². The van der Waals surface area contributed by atoms with Crippen LogP contribution in [0.15, 0.2) is 48.5 Å². The van der Waals surface area contributed by atoms with Crippen molar-refractivity contribution in [1.82, 2.24) is 0 Å². The molecule has 0 fully saturated rings. The second kappa shape index (κ2) is 6.51. The van der Waals surface area contributed by atoms with Crippen molar-refractivity contribution in [3.05, 3.63) is 59.7 Å². The molecule has 2 rings (SSSR count). The smallest absolute Gasteiger partial charge is 0.422 e. The number of aryl methyl sites for hydroxylation is 1. The first kappa shape index (κ1) is 15.9. The van der Waals surface area contributed by atoms with Crippen LogP contribution in [0.25, 0.3) is 0 Å². The van der Waals surface area contributed by atoms with Crippen LogP contribution in [-0.4, -0.2) is 18.7 Å². The van der Waals surface area contributed by atoms with Crippen molar-refractivity contribution in [3.63, 3.8) is 0 Å². The van der Waals surface area contributed by atoms with Crippen molar-refractivity contribution < 1.29 is 22.7 Å². The van der Waals surface area contributed by atoms with Gasteiger partial charge in [0.1, 0.15) is 5.75 Å². The first-order chi connectivity index (χ1) is 10.3. The molecule has 116 valence electrons. The normalized spacial score (nSPS) is 11.1. The second-order valence-electron chi connectivity index (χ2n) is 4.70. The van der Waals surface area contributed by atoms with Crippen molar-refractivity contribution in [2.24, 2.45) is 0 Å². The molecule has 1 N–H and O–H groups in total. The lowest BCUT2D eigenvalue weighted by molar-refractivity contribution is -0.153. The summed E-state index contributed by atoms with van der Waals surface area (Å²) in [6, 6.07) is 13.0. The minimum atomic E-state index is -4.38. The molecule has 0 atom stereocenters. The molecule has 0 aliphatic heterocycles. The van der Waals surface area contributed by atoms with Gasteiger partial charge in [0.2, 0.25) is 0 Å². The summed E-state index contributed by atoms with van der Waals surface area (Å²) in [5, 5.41) is 2.71. The minimum absolute atomic E-state index is 0.104. The van der Waals surface area contributed by atoms with E-state index in [9.17, 15) is 18.0 Å². The van der Waals surface area contributed by atoms with Crippen LogP contribution in [0, 0.1) is 6.92 Å². The third kappa shape index (κ3) is 4.51. The molecule has 2 aromatic rings. The van der Waals surface area contributed by atoms with Gasteiger partial charge in [-0.15, -0.1) is 0 Å². The highest BCUT2D eigenvalue weighted by Gasteiger charge is 2.28. The van der Waals surface area contributed by atoms with Crippen LogP contribution in [0.1, 0.15) is 15.9 Å². The third-order valence-electron chi connectivity index (χ3n) is 2.88. The lowest BCUT2D eigenvalue weighted by Crippen LogP contribution is -2.19. The summed E-state index contributed by atoms with van der Waals surface area (Å²) in [6.45, 7) is 0.337. The Labute approximate surface area is 125 Å². The number of halogens is 3. The van der Waals surface area contributed by atoms with Gasteiger partial charge in [0.25, 0.3) is 5.91 Å². The summed E-state index contributed by atoms with van der Waals surface area (Å²) in [5.41, 5.74) is 1.64. The summed E-state index contributed by atoms with van der Waals surface area (Å²) < 4.78 is 41.0. The Morgan fingerprint density at radius 3 is 2.41 bits per heavy atom. The van der Waals surface area contributed by atoms with Gasteiger partial charge in [-0.05, 0) is 42.8 Å². The van der Waals surface area contributed by atoms with Gasteiger partial charge in [0.15, 0.2) is 6.61 Å². The molecule has 0 aromatic heterocycles.